The standard InChI is InChI=1S/C16H20N4O5S2/c21-14(18-16(22)17-11-13-3-1-9-25-13)12-19-5-7-20(8-6-19)27(23,24)15-4-2-10-26-15/h1-4,9-10H,5-8,11-12H2,(H2,17,18,21,22). The summed E-state index contributed by atoms with van der Waals surface area (Å²) in [6.07, 6.45) is 1.50. The smallest absolute Gasteiger partial charge is 0.321 e. The number of furan rings is 1. The Morgan fingerprint density at radius 1 is 1.15 bits per heavy atom. The van der Waals surface area contributed by atoms with Gasteiger partial charge in [-0.25, -0.2) is 13.2 Å². The van der Waals surface area contributed by atoms with Crippen LogP contribution in [0.1, 0.15) is 5.76 Å². The average molecular weight is 412 g/mol. The largest absolute Gasteiger partial charge is 0.467 e. The highest BCUT2D eigenvalue weighted by Gasteiger charge is 2.29. The molecule has 3 rings (SSSR count). The maximum atomic E-state index is 12.5. The molecular formula is C16H20N4O5S2. The van der Waals surface area contributed by atoms with Gasteiger partial charge < -0.3 is 9.73 Å². The number of amides is 3. The van der Waals surface area contributed by atoms with E-state index >= 15 is 0 Å². The molecule has 0 aliphatic carbocycles. The zero-order chi connectivity index (χ0) is 19.3. The second-order valence-corrected chi connectivity index (χ2v) is 9.04. The van der Waals surface area contributed by atoms with Crippen LogP contribution in [0.5, 0.6) is 0 Å². The molecule has 2 aromatic heterocycles. The van der Waals surface area contributed by atoms with E-state index in [4.69, 9.17) is 4.42 Å². The van der Waals surface area contributed by atoms with Gasteiger partial charge in [-0.1, -0.05) is 6.07 Å². The Morgan fingerprint density at radius 2 is 1.93 bits per heavy atom. The van der Waals surface area contributed by atoms with Crippen LogP contribution >= 0.6 is 11.3 Å². The number of piperazine rings is 1. The number of imide groups is 1. The third-order valence-corrected chi connectivity index (χ3v) is 7.32. The molecule has 1 fully saturated rings. The van der Waals surface area contributed by atoms with Crippen LogP contribution in [0.4, 0.5) is 4.79 Å². The quantitative estimate of drug-likeness (QED) is 0.721. The molecule has 0 atom stereocenters. The Kier molecular flexibility index (Phi) is 6.26. The van der Waals surface area contributed by atoms with Crippen molar-refractivity contribution in [2.45, 2.75) is 10.8 Å². The molecule has 1 aliphatic rings. The van der Waals surface area contributed by atoms with E-state index in [1.165, 1.54) is 21.9 Å². The Balaban J connectivity index is 1.41. The normalized spacial score (nSPS) is 16.1. The highest BCUT2D eigenvalue weighted by Crippen LogP contribution is 2.21. The Morgan fingerprint density at radius 3 is 2.56 bits per heavy atom. The van der Waals surface area contributed by atoms with E-state index in [2.05, 4.69) is 10.6 Å². The van der Waals surface area contributed by atoms with Gasteiger partial charge in [0.15, 0.2) is 0 Å². The van der Waals surface area contributed by atoms with Gasteiger partial charge >= 0.3 is 6.03 Å². The molecule has 11 heteroatoms. The van der Waals surface area contributed by atoms with Gasteiger partial charge in [0.25, 0.3) is 10.0 Å². The lowest BCUT2D eigenvalue weighted by molar-refractivity contribution is -0.121. The molecule has 0 saturated carbocycles. The fourth-order valence-electron chi connectivity index (χ4n) is 2.66. The van der Waals surface area contributed by atoms with Gasteiger partial charge in [-0.2, -0.15) is 4.31 Å². The third-order valence-electron chi connectivity index (χ3n) is 4.04. The first kappa shape index (κ1) is 19.5. The molecule has 2 aromatic rings. The molecular weight excluding hydrogens is 392 g/mol. The van der Waals surface area contributed by atoms with Crippen molar-refractivity contribution < 1.29 is 22.4 Å². The molecule has 0 aromatic carbocycles. The van der Waals surface area contributed by atoms with Gasteiger partial charge in [0.1, 0.15) is 9.97 Å². The molecule has 1 aliphatic heterocycles. The molecule has 3 amide bonds. The molecule has 27 heavy (non-hydrogen) atoms. The first-order valence-corrected chi connectivity index (χ1v) is 10.6. The van der Waals surface area contributed by atoms with Crippen molar-refractivity contribution in [2.24, 2.45) is 0 Å². The number of thiophene rings is 1. The molecule has 0 spiro atoms. The summed E-state index contributed by atoms with van der Waals surface area (Å²) in [7, 11) is -3.47. The van der Waals surface area contributed by atoms with Crippen molar-refractivity contribution in [2.75, 3.05) is 32.7 Å². The second-order valence-electron chi connectivity index (χ2n) is 5.92. The van der Waals surface area contributed by atoms with E-state index in [-0.39, 0.29) is 13.1 Å². The Bertz CT molecular complexity index is 857. The second kappa shape index (κ2) is 8.65. The monoisotopic (exact) mass is 412 g/mol. The summed E-state index contributed by atoms with van der Waals surface area (Å²) >= 11 is 1.19. The van der Waals surface area contributed by atoms with Gasteiger partial charge in [-0.15, -0.1) is 11.3 Å². The number of hydrogen-bond acceptors (Lipinski definition) is 7. The average Bonchev–Trinajstić information content (AvgIpc) is 3.34. The number of nitrogens with zero attached hydrogens (tertiary/aromatic N) is 2. The van der Waals surface area contributed by atoms with Crippen LogP contribution in [0.3, 0.4) is 0 Å². The van der Waals surface area contributed by atoms with Crippen molar-refractivity contribution in [1.82, 2.24) is 19.8 Å². The SMILES string of the molecule is O=C(CN1CCN(S(=O)(=O)c2cccs2)CC1)NC(=O)NCc1ccco1. The molecule has 0 unspecified atom stereocenters. The van der Waals surface area contributed by atoms with Crippen molar-refractivity contribution in [3.63, 3.8) is 0 Å². The highest BCUT2D eigenvalue weighted by molar-refractivity contribution is 7.91. The molecule has 9 nitrogen and oxygen atoms in total. The van der Waals surface area contributed by atoms with Gasteiger partial charge in [-0.05, 0) is 23.6 Å². The number of hydrogen-bond donors (Lipinski definition) is 2. The van der Waals surface area contributed by atoms with E-state index in [1.54, 1.807) is 29.6 Å². The van der Waals surface area contributed by atoms with Gasteiger partial charge in [-0.3, -0.25) is 15.0 Å². The first-order chi connectivity index (χ1) is 12.9. The number of urea groups is 1. The van der Waals surface area contributed by atoms with E-state index < -0.39 is 22.0 Å². The van der Waals surface area contributed by atoms with Gasteiger partial charge in [0.2, 0.25) is 5.91 Å². The number of carbonyl (C=O) groups is 2. The lowest BCUT2D eigenvalue weighted by Crippen LogP contribution is -2.52. The first-order valence-electron chi connectivity index (χ1n) is 8.31. The molecule has 1 saturated heterocycles. The van der Waals surface area contributed by atoms with E-state index in [0.717, 1.165) is 0 Å². The van der Waals surface area contributed by atoms with Gasteiger partial charge in [0.05, 0.1) is 19.4 Å². The molecule has 0 radical (unpaired) electrons. The lowest BCUT2D eigenvalue weighted by Gasteiger charge is -2.33. The zero-order valence-electron chi connectivity index (χ0n) is 14.5. The number of sulfonamides is 1. The Labute approximate surface area is 161 Å². The number of nitrogens with one attached hydrogen (secondary N) is 2. The molecule has 0 bridgehead atoms. The summed E-state index contributed by atoms with van der Waals surface area (Å²) < 4.78 is 31.8. The fourth-order valence-corrected chi connectivity index (χ4v) is 5.23. The highest BCUT2D eigenvalue weighted by atomic mass is 32.2. The van der Waals surface area contributed by atoms with Crippen LogP contribution in [-0.4, -0.2) is 62.3 Å². The summed E-state index contributed by atoms with van der Waals surface area (Å²) in [5, 5.41) is 6.50. The van der Waals surface area contributed by atoms with Crippen molar-refractivity contribution in [3.05, 3.63) is 41.7 Å². The Hall–Kier alpha value is -2.21. The maximum absolute atomic E-state index is 12.5. The van der Waals surface area contributed by atoms with Crippen LogP contribution in [-0.2, 0) is 21.4 Å². The van der Waals surface area contributed by atoms with Crippen molar-refractivity contribution in [1.29, 1.82) is 0 Å². The predicted octanol–water partition coefficient (Wildman–Crippen LogP) is 0.673. The molecule has 3 heterocycles. The number of rotatable bonds is 6. The summed E-state index contributed by atoms with van der Waals surface area (Å²) in [6.45, 7) is 1.67. The summed E-state index contributed by atoms with van der Waals surface area (Å²) in [4.78, 5) is 25.5. The van der Waals surface area contributed by atoms with E-state index in [9.17, 15) is 18.0 Å². The van der Waals surface area contributed by atoms with Crippen LogP contribution in [0.25, 0.3) is 0 Å². The van der Waals surface area contributed by atoms with Crippen LogP contribution in [0.15, 0.2) is 44.5 Å². The van der Waals surface area contributed by atoms with Crippen molar-refractivity contribution >= 4 is 33.3 Å². The van der Waals surface area contributed by atoms with Gasteiger partial charge in [0, 0.05) is 26.2 Å². The molecule has 146 valence electrons. The maximum Gasteiger partial charge on any atom is 0.321 e. The number of carbonyl (C=O) groups excluding carboxylic acids is 2. The van der Waals surface area contributed by atoms with Crippen LogP contribution < -0.4 is 10.6 Å². The summed E-state index contributed by atoms with van der Waals surface area (Å²) in [5.41, 5.74) is 0. The predicted molar refractivity (Wildman–Crippen MR) is 98.6 cm³/mol. The van der Waals surface area contributed by atoms with Crippen molar-refractivity contribution in [3.8, 4) is 0 Å². The zero-order valence-corrected chi connectivity index (χ0v) is 16.1. The van der Waals surface area contributed by atoms with Crippen LogP contribution in [0, 0.1) is 0 Å². The van der Waals surface area contributed by atoms with E-state index in [0.29, 0.717) is 36.1 Å². The topological polar surface area (TPSA) is 112 Å². The summed E-state index contributed by atoms with van der Waals surface area (Å²) in [6, 6.07) is 6.11. The minimum atomic E-state index is -3.47. The molecule has 2 N–H and O–H groups in total. The summed E-state index contributed by atoms with van der Waals surface area (Å²) in [5.74, 6) is 0.141. The minimum absolute atomic E-state index is 0.0288. The minimum Gasteiger partial charge on any atom is -0.467 e. The van der Waals surface area contributed by atoms with E-state index in [1.807, 2.05) is 4.90 Å². The third kappa shape index (κ3) is 5.16. The lowest BCUT2D eigenvalue weighted by atomic mass is 10.3. The fraction of sp³-hybridized carbons (Fsp3) is 0.375. The van der Waals surface area contributed by atoms with Crippen LogP contribution in [0.2, 0.25) is 0 Å².